The summed E-state index contributed by atoms with van der Waals surface area (Å²) in [7, 11) is 0. The minimum Gasteiger partial charge on any atom is -0.388 e. The van der Waals surface area contributed by atoms with E-state index in [-0.39, 0.29) is 5.84 Å². The quantitative estimate of drug-likeness (QED) is 0.447. The molecule has 0 aromatic heterocycles. The topological polar surface area (TPSA) is 66.9 Å². The van der Waals surface area contributed by atoms with Gasteiger partial charge in [-0.2, -0.15) is 0 Å². The number of nitrogens with two attached hydrogens (primary N) is 1. The van der Waals surface area contributed by atoms with Crippen LogP contribution in [0.1, 0.15) is 25.7 Å². The third-order valence-corrected chi connectivity index (χ3v) is 1.85. The van der Waals surface area contributed by atoms with Crippen molar-refractivity contribution >= 4 is 11.6 Å². The molecule has 0 radical (unpaired) electrons. The van der Waals surface area contributed by atoms with Crippen LogP contribution in [0.15, 0.2) is 0 Å². The number of carbonyl (C=O) groups excluding carboxylic acids is 1. The molecule has 0 aromatic rings. The molecule has 0 aromatic carbocycles. The number of rotatable bonds is 3. The minimum absolute atomic E-state index is 0.236. The van der Waals surface area contributed by atoms with Gasteiger partial charge in [0.25, 0.3) is 0 Å². The normalized spacial score (nSPS) is 18.6. The lowest BCUT2D eigenvalue weighted by Crippen LogP contribution is -2.24. The number of carbonyl (C=O) groups is 1. The molecular formula is C7H12N2O. The first-order valence-electron chi connectivity index (χ1n) is 3.53. The van der Waals surface area contributed by atoms with Gasteiger partial charge in [0.1, 0.15) is 5.78 Å². The molecule has 0 atom stereocenters. The molecule has 0 spiro atoms. The molecule has 1 rings (SSSR count). The van der Waals surface area contributed by atoms with Gasteiger partial charge in [-0.05, 0) is 12.3 Å². The second-order valence-corrected chi connectivity index (χ2v) is 2.88. The molecule has 3 nitrogen and oxygen atoms in total. The Morgan fingerprint density at radius 1 is 1.70 bits per heavy atom. The van der Waals surface area contributed by atoms with Crippen LogP contribution in [0.4, 0.5) is 0 Å². The minimum atomic E-state index is 0.236. The summed E-state index contributed by atoms with van der Waals surface area (Å²) in [5, 5.41) is 6.93. The molecule has 3 N–H and O–H groups in total. The van der Waals surface area contributed by atoms with Crippen molar-refractivity contribution in [2.24, 2.45) is 11.7 Å². The van der Waals surface area contributed by atoms with Crippen LogP contribution in [-0.2, 0) is 4.79 Å². The van der Waals surface area contributed by atoms with Crippen molar-refractivity contribution in [2.45, 2.75) is 25.7 Å². The van der Waals surface area contributed by atoms with Gasteiger partial charge in [0.15, 0.2) is 0 Å². The molecule has 0 unspecified atom stereocenters. The molecular weight excluding hydrogens is 128 g/mol. The van der Waals surface area contributed by atoms with Crippen molar-refractivity contribution in [3.05, 3.63) is 0 Å². The van der Waals surface area contributed by atoms with Crippen molar-refractivity contribution < 1.29 is 4.79 Å². The molecule has 3 heteroatoms. The van der Waals surface area contributed by atoms with E-state index in [1.165, 1.54) is 0 Å². The van der Waals surface area contributed by atoms with Gasteiger partial charge in [-0.25, -0.2) is 0 Å². The Bertz CT molecular complexity index is 157. The molecule has 56 valence electrons. The molecule has 0 saturated heterocycles. The number of Topliss-reactive ketones (excluding diaryl/α,β-unsaturated/α-hetero) is 1. The van der Waals surface area contributed by atoms with Gasteiger partial charge in [-0.1, -0.05) is 0 Å². The highest BCUT2D eigenvalue weighted by molar-refractivity contribution is 5.84. The first-order valence-corrected chi connectivity index (χ1v) is 3.53. The smallest absolute Gasteiger partial charge is 0.133 e. The van der Waals surface area contributed by atoms with E-state index in [1.54, 1.807) is 0 Å². The van der Waals surface area contributed by atoms with Crippen LogP contribution in [-0.4, -0.2) is 11.6 Å². The Hall–Kier alpha value is -0.860. The lowest BCUT2D eigenvalue weighted by Gasteiger charge is -2.23. The highest BCUT2D eigenvalue weighted by Gasteiger charge is 2.25. The van der Waals surface area contributed by atoms with Crippen LogP contribution in [0.25, 0.3) is 0 Å². The maximum Gasteiger partial charge on any atom is 0.133 e. The van der Waals surface area contributed by atoms with E-state index in [1.807, 2.05) is 0 Å². The summed E-state index contributed by atoms with van der Waals surface area (Å²) < 4.78 is 0. The predicted molar refractivity (Wildman–Crippen MR) is 38.9 cm³/mol. The van der Waals surface area contributed by atoms with E-state index in [4.69, 9.17) is 11.1 Å². The second-order valence-electron chi connectivity index (χ2n) is 2.88. The van der Waals surface area contributed by atoms with Crippen LogP contribution in [0.2, 0.25) is 0 Å². The predicted octanol–water partition coefficient (Wildman–Crippen LogP) is 0.682. The Labute approximate surface area is 60.1 Å². The van der Waals surface area contributed by atoms with Gasteiger partial charge < -0.3 is 5.73 Å². The standard InChI is InChI=1S/C7H12N2O/c8-7(9)2-1-5-3-6(10)4-5/h5H,1-4H2,(H3,8,9). The Kier molecular flexibility index (Phi) is 2.04. The first kappa shape index (κ1) is 7.25. The number of nitrogens with one attached hydrogen (secondary N) is 1. The van der Waals surface area contributed by atoms with Crippen LogP contribution < -0.4 is 5.73 Å². The molecule has 1 saturated carbocycles. The van der Waals surface area contributed by atoms with Crippen molar-refractivity contribution in [1.82, 2.24) is 0 Å². The molecule has 1 aliphatic rings. The molecule has 1 aliphatic carbocycles. The Morgan fingerprint density at radius 3 is 2.70 bits per heavy atom. The SMILES string of the molecule is N=C(N)CCC1CC(=O)C1. The van der Waals surface area contributed by atoms with Gasteiger partial charge in [-0.15, -0.1) is 0 Å². The van der Waals surface area contributed by atoms with E-state index in [2.05, 4.69) is 0 Å². The van der Waals surface area contributed by atoms with E-state index < -0.39 is 0 Å². The fourth-order valence-electron chi connectivity index (χ4n) is 1.15. The van der Waals surface area contributed by atoms with Crippen molar-refractivity contribution in [3.63, 3.8) is 0 Å². The Balaban J connectivity index is 2.05. The van der Waals surface area contributed by atoms with Crippen molar-refractivity contribution in [3.8, 4) is 0 Å². The lowest BCUT2D eigenvalue weighted by atomic mass is 9.81. The second kappa shape index (κ2) is 2.82. The summed E-state index contributed by atoms with van der Waals surface area (Å²) in [5.41, 5.74) is 5.15. The van der Waals surface area contributed by atoms with Gasteiger partial charge in [-0.3, -0.25) is 10.2 Å². The van der Waals surface area contributed by atoms with Gasteiger partial charge in [0.05, 0.1) is 5.84 Å². The average molecular weight is 140 g/mol. The third kappa shape index (κ3) is 1.83. The zero-order valence-electron chi connectivity index (χ0n) is 5.89. The average Bonchev–Trinajstić information content (AvgIpc) is 1.77. The zero-order chi connectivity index (χ0) is 7.56. The maximum absolute atomic E-state index is 10.5. The summed E-state index contributed by atoms with van der Waals surface area (Å²) in [4.78, 5) is 10.5. The van der Waals surface area contributed by atoms with Gasteiger partial charge in [0.2, 0.25) is 0 Å². The van der Waals surface area contributed by atoms with Crippen LogP contribution in [0.5, 0.6) is 0 Å². The van der Waals surface area contributed by atoms with Crippen LogP contribution in [0, 0.1) is 11.3 Å². The number of ketones is 1. The van der Waals surface area contributed by atoms with E-state index in [0.717, 1.165) is 6.42 Å². The van der Waals surface area contributed by atoms with Gasteiger partial charge in [0, 0.05) is 19.3 Å². The third-order valence-electron chi connectivity index (χ3n) is 1.85. The summed E-state index contributed by atoms with van der Waals surface area (Å²) >= 11 is 0. The van der Waals surface area contributed by atoms with Crippen LogP contribution in [0.3, 0.4) is 0 Å². The number of hydrogen-bond donors (Lipinski definition) is 2. The maximum atomic E-state index is 10.5. The zero-order valence-corrected chi connectivity index (χ0v) is 5.89. The van der Waals surface area contributed by atoms with E-state index in [0.29, 0.717) is 31.0 Å². The lowest BCUT2D eigenvalue weighted by molar-refractivity contribution is -0.126. The fourth-order valence-corrected chi connectivity index (χ4v) is 1.15. The number of hydrogen-bond acceptors (Lipinski definition) is 2. The van der Waals surface area contributed by atoms with Crippen molar-refractivity contribution in [2.75, 3.05) is 0 Å². The van der Waals surface area contributed by atoms with Gasteiger partial charge >= 0.3 is 0 Å². The first-order chi connectivity index (χ1) is 4.68. The van der Waals surface area contributed by atoms with E-state index in [9.17, 15) is 4.79 Å². The molecule has 10 heavy (non-hydrogen) atoms. The molecule has 0 bridgehead atoms. The molecule has 0 aliphatic heterocycles. The molecule has 0 heterocycles. The van der Waals surface area contributed by atoms with E-state index >= 15 is 0 Å². The van der Waals surface area contributed by atoms with Crippen molar-refractivity contribution in [1.29, 1.82) is 5.41 Å². The monoisotopic (exact) mass is 140 g/mol. The summed E-state index contributed by atoms with van der Waals surface area (Å²) in [6, 6.07) is 0. The molecule has 0 amide bonds. The summed E-state index contributed by atoms with van der Waals surface area (Å²) in [5.74, 6) is 1.12. The highest BCUT2D eigenvalue weighted by atomic mass is 16.1. The summed E-state index contributed by atoms with van der Waals surface area (Å²) in [6.45, 7) is 0. The largest absolute Gasteiger partial charge is 0.388 e. The Morgan fingerprint density at radius 2 is 2.30 bits per heavy atom. The molecule has 1 fully saturated rings. The highest BCUT2D eigenvalue weighted by Crippen LogP contribution is 2.26. The van der Waals surface area contributed by atoms with Crippen LogP contribution >= 0.6 is 0 Å². The fraction of sp³-hybridized carbons (Fsp3) is 0.714. The summed E-state index contributed by atoms with van der Waals surface area (Å²) in [6.07, 6.45) is 3.00. The number of amidine groups is 1.